The molecule has 0 unspecified atom stereocenters. The zero-order valence-electron chi connectivity index (χ0n) is 19.6. The molecule has 4 nitrogen and oxygen atoms in total. The molecule has 0 aliphatic carbocycles. The minimum atomic E-state index is -2.05. The van der Waals surface area contributed by atoms with Gasteiger partial charge < -0.3 is 13.7 Å². The lowest BCUT2D eigenvalue weighted by atomic mass is 10.1. The Morgan fingerprint density at radius 2 is 1.72 bits per heavy atom. The summed E-state index contributed by atoms with van der Waals surface area (Å²) in [6, 6.07) is 9.69. The number of para-hydroxylation sites is 1. The molecule has 0 saturated carbocycles. The minimum Gasteiger partial charge on any atom is -0.598 e. The zero-order chi connectivity index (χ0) is 22.3. The number of allylic oxidation sites excluding steroid dienone is 1. The first-order chi connectivity index (χ1) is 13.3. The number of hydrogen-bond donors (Lipinski definition) is 1. The molecule has 0 radical (unpaired) electrons. The van der Waals surface area contributed by atoms with E-state index in [1.807, 2.05) is 57.2 Å². The molecule has 0 heterocycles. The molecule has 0 aromatic heterocycles. The standard InChI is InChI=1S/C23H41NO3SSi/c1-10-11-17-20(24-28(25)22(2,3)4)21(27-29(8,9)23(5,6)7)18-26-19-15-13-12-14-16-19/h10,12-16,20-21,24H,1,11,17-18H2,2-9H3/t20-,21+,28-/m0/s1. The van der Waals surface area contributed by atoms with Crippen LogP contribution in [0, 0.1) is 0 Å². The summed E-state index contributed by atoms with van der Waals surface area (Å²) in [6.45, 7) is 21.4. The van der Waals surface area contributed by atoms with Crippen molar-refractivity contribution in [3.8, 4) is 5.75 Å². The quantitative estimate of drug-likeness (QED) is 0.267. The summed E-state index contributed by atoms with van der Waals surface area (Å²) in [5.74, 6) is 0.816. The van der Waals surface area contributed by atoms with E-state index in [1.165, 1.54) is 0 Å². The maximum Gasteiger partial charge on any atom is 0.192 e. The van der Waals surface area contributed by atoms with Crippen LogP contribution in [-0.2, 0) is 15.8 Å². The molecule has 0 aliphatic rings. The molecule has 0 amide bonds. The lowest BCUT2D eigenvalue weighted by Crippen LogP contribution is -2.55. The van der Waals surface area contributed by atoms with Crippen molar-refractivity contribution in [2.75, 3.05) is 6.61 Å². The summed E-state index contributed by atoms with van der Waals surface area (Å²) in [4.78, 5) is 0. The SMILES string of the molecule is C=CCC[C@H](N[S@@+]([O-])C(C)(C)C)[C@@H](COc1ccccc1)O[Si](C)(C)C(C)(C)C. The molecule has 1 N–H and O–H groups in total. The van der Waals surface area contributed by atoms with Crippen molar-refractivity contribution < 1.29 is 13.7 Å². The van der Waals surface area contributed by atoms with Gasteiger partial charge in [0.2, 0.25) is 0 Å². The molecule has 1 aromatic carbocycles. The number of nitrogens with one attached hydrogen (secondary N) is 1. The van der Waals surface area contributed by atoms with Crippen LogP contribution in [0.15, 0.2) is 43.0 Å². The maximum absolute atomic E-state index is 12.9. The second-order valence-corrected chi connectivity index (χ2v) is 16.8. The van der Waals surface area contributed by atoms with Crippen LogP contribution in [-0.4, -0.2) is 36.4 Å². The molecule has 166 valence electrons. The monoisotopic (exact) mass is 439 g/mol. The number of hydrogen-bond acceptors (Lipinski definition) is 4. The Hall–Kier alpha value is -0.793. The third-order valence-corrected chi connectivity index (χ3v) is 11.5. The molecular weight excluding hydrogens is 398 g/mol. The van der Waals surface area contributed by atoms with Gasteiger partial charge in [0, 0.05) is 11.4 Å². The Morgan fingerprint density at radius 3 is 2.21 bits per heavy atom. The second-order valence-electron chi connectivity index (χ2n) is 10.0. The molecule has 29 heavy (non-hydrogen) atoms. The third kappa shape index (κ3) is 8.85. The van der Waals surface area contributed by atoms with E-state index in [0.29, 0.717) is 6.61 Å². The Morgan fingerprint density at radius 1 is 1.14 bits per heavy atom. The normalized spacial score (nSPS) is 16.2. The molecular formula is C23H41NO3SSi. The molecule has 0 saturated heterocycles. The van der Waals surface area contributed by atoms with Gasteiger partial charge in [0.25, 0.3) is 0 Å². The van der Waals surface area contributed by atoms with Crippen LogP contribution in [0.1, 0.15) is 54.4 Å². The first kappa shape index (κ1) is 26.2. The highest BCUT2D eigenvalue weighted by atomic mass is 32.2. The van der Waals surface area contributed by atoms with E-state index in [4.69, 9.17) is 9.16 Å². The summed E-state index contributed by atoms with van der Waals surface area (Å²) in [7, 11) is -2.05. The predicted molar refractivity (Wildman–Crippen MR) is 128 cm³/mol. The van der Waals surface area contributed by atoms with E-state index in [-0.39, 0.29) is 21.9 Å². The van der Waals surface area contributed by atoms with Gasteiger partial charge in [0.15, 0.2) is 8.32 Å². The van der Waals surface area contributed by atoms with E-state index in [9.17, 15) is 4.55 Å². The molecule has 0 aliphatic heterocycles. The van der Waals surface area contributed by atoms with Crippen LogP contribution < -0.4 is 9.46 Å². The smallest absolute Gasteiger partial charge is 0.192 e. The van der Waals surface area contributed by atoms with Crippen LogP contribution in [0.2, 0.25) is 18.1 Å². The van der Waals surface area contributed by atoms with E-state index >= 15 is 0 Å². The Bertz CT molecular complexity index is 611. The third-order valence-electron chi connectivity index (χ3n) is 5.35. The van der Waals surface area contributed by atoms with Gasteiger partial charge in [-0.05, 0) is 63.9 Å². The van der Waals surface area contributed by atoms with Gasteiger partial charge in [0.1, 0.15) is 17.1 Å². The zero-order valence-corrected chi connectivity index (χ0v) is 21.4. The molecule has 0 spiro atoms. The first-order valence-electron chi connectivity index (χ1n) is 10.4. The Labute approximate surface area is 182 Å². The highest BCUT2D eigenvalue weighted by Gasteiger charge is 2.42. The van der Waals surface area contributed by atoms with E-state index in [2.05, 4.69) is 45.2 Å². The van der Waals surface area contributed by atoms with Crippen LogP contribution >= 0.6 is 0 Å². The Kier molecular flexibility index (Phi) is 9.96. The van der Waals surface area contributed by atoms with Crippen LogP contribution in [0.25, 0.3) is 0 Å². The highest BCUT2D eigenvalue weighted by Crippen LogP contribution is 2.38. The molecule has 1 rings (SSSR count). The van der Waals surface area contributed by atoms with Crippen molar-refractivity contribution in [1.29, 1.82) is 0 Å². The summed E-state index contributed by atoms with van der Waals surface area (Å²) >= 11 is -1.19. The molecule has 0 bridgehead atoms. The van der Waals surface area contributed by atoms with Gasteiger partial charge in [-0.2, -0.15) is 0 Å². The number of rotatable bonds is 11. The lowest BCUT2D eigenvalue weighted by Gasteiger charge is -2.41. The van der Waals surface area contributed by atoms with E-state index in [1.54, 1.807) is 0 Å². The Balaban J connectivity index is 3.10. The summed E-state index contributed by atoms with van der Waals surface area (Å²) < 4.78 is 28.7. The van der Waals surface area contributed by atoms with Crippen molar-refractivity contribution in [2.24, 2.45) is 0 Å². The molecule has 6 heteroatoms. The van der Waals surface area contributed by atoms with E-state index < -0.39 is 19.7 Å². The topological polar surface area (TPSA) is 53.5 Å². The van der Waals surface area contributed by atoms with Crippen LogP contribution in [0.4, 0.5) is 0 Å². The summed E-state index contributed by atoms with van der Waals surface area (Å²) in [5, 5.41) is 0.0736. The van der Waals surface area contributed by atoms with Crippen LogP contribution in [0.5, 0.6) is 5.75 Å². The van der Waals surface area contributed by atoms with Gasteiger partial charge in [-0.1, -0.05) is 45.0 Å². The van der Waals surface area contributed by atoms with Crippen molar-refractivity contribution in [3.63, 3.8) is 0 Å². The average Bonchev–Trinajstić information content (AvgIpc) is 2.61. The van der Waals surface area contributed by atoms with Crippen molar-refractivity contribution in [2.45, 2.75) is 89.4 Å². The summed E-state index contributed by atoms with van der Waals surface area (Å²) in [6.07, 6.45) is 3.31. The average molecular weight is 440 g/mol. The minimum absolute atomic E-state index is 0.0736. The van der Waals surface area contributed by atoms with Crippen LogP contribution in [0.3, 0.4) is 0 Å². The highest BCUT2D eigenvalue weighted by molar-refractivity contribution is 7.90. The van der Waals surface area contributed by atoms with Gasteiger partial charge >= 0.3 is 0 Å². The summed E-state index contributed by atoms with van der Waals surface area (Å²) in [5.41, 5.74) is 0. The molecule has 3 atom stereocenters. The van der Waals surface area contributed by atoms with Gasteiger partial charge in [0.05, 0.1) is 12.1 Å². The lowest BCUT2D eigenvalue weighted by molar-refractivity contribution is 0.0857. The number of ether oxygens (including phenoxy) is 1. The largest absolute Gasteiger partial charge is 0.598 e. The van der Waals surface area contributed by atoms with Crippen molar-refractivity contribution in [1.82, 2.24) is 4.72 Å². The molecule has 1 aromatic rings. The second kappa shape index (κ2) is 11.0. The van der Waals surface area contributed by atoms with Crippen molar-refractivity contribution in [3.05, 3.63) is 43.0 Å². The molecule has 0 fully saturated rings. The fourth-order valence-corrected chi connectivity index (χ4v) is 4.66. The first-order valence-corrected chi connectivity index (χ1v) is 14.5. The number of benzene rings is 1. The van der Waals surface area contributed by atoms with Gasteiger partial charge in [-0.25, -0.2) is 0 Å². The fraction of sp³-hybridized carbons (Fsp3) is 0.652. The van der Waals surface area contributed by atoms with Gasteiger partial charge in [-0.3, -0.25) is 0 Å². The van der Waals surface area contributed by atoms with E-state index in [0.717, 1.165) is 18.6 Å². The predicted octanol–water partition coefficient (Wildman–Crippen LogP) is 5.84. The van der Waals surface area contributed by atoms with Gasteiger partial charge in [-0.15, -0.1) is 11.3 Å². The van der Waals surface area contributed by atoms with Crippen molar-refractivity contribution >= 4 is 19.7 Å². The fourth-order valence-electron chi connectivity index (χ4n) is 2.41. The maximum atomic E-state index is 12.9.